The standard InChI is InChI=1S/C8H5NO.C6H14N2O2.C6H13N/c9-5-7-1-3-8(6-10)4-2-7;7-4-2-1-3-5(8)6(9)10;7-6-4-2-1-3-5-6/h1-4,6H;5H,1-4,7-8H2,(H,9,10);6H,1-5,7H2. The molecule has 0 radical (unpaired) electrons. The Morgan fingerprint density at radius 2 is 1.81 bits per heavy atom. The lowest BCUT2D eigenvalue weighted by atomic mass is 9.97. The predicted octanol–water partition coefficient (Wildman–Crippen LogP) is 2.18. The Labute approximate surface area is 161 Å². The highest BCUT2D eigenvalue weighted by Gasteiger charge is 2.09. The Kier molecular flexibility index (Phi) is 14.6. The highest BCUT2D eigenvalue weighted by atomic mass is 16.4. The zero-order chi connectivity index (χ0) is 20.5. The van der Waals surface area contributed by atoms with E-state index >= 15 is 0 Å². The second-order valence-electron chi connectivity index (χ2n) is 6.48. The Morgan fingerprint density at radius 3 is 2.19 bits per heavy atom. The number of nitrogens with zero attached hydrogens (tertiary/aromatic N) is 1. The number of carboxylic acid groups (broad SMARTS) is 1. The zero-order valence-electron chi connectivity index (χ0n) is 15.8. The van der Waals surface area contributed by atoms with Gasteiger partial charge in [-0.2, -0.15) is 5.26 Å². The summed E-state index contributed by atoms with van der Waals surface area (Å²) < 4.78 is 0. The second-order valence-corrected chi connectivity index (χ2v) is 6.48. The number of rotatable bonds is 6. The highest BCUT2D eigenvalue weighted by molar-refractivity contribution is 5.74. The SMILES string of the molecule is N#Cc1ccc(C=O)cc1.NC1CCCCC1.NCCCCC(N)C(=O)O. The molecule has 7 heteroatoms. The maximum Gasteiger partial charge on any atom is 0.320 e. The van der Waals surface area contributed by atoms with E-state index in [0.717, 1.165) is 19.1 Å². The number of carboxylic acids is 1. The number of nitrogens with two attached hydrogens (primary N) is 3. The number of carbonyl (C=O) groups is 2. The molecule has 0 heterocycles. The molecule has 1 fully saturated rings. The average molecular weight is 377 g/mol. The minimum Gasteiger partial charge on any atom is -0.480 e. The molecule has 0 aliphatic heterocycles. The van der Waals surface area contributed by atoms with Crippen LogP contribution in [-0.4, -0.2) is 36.0 Å². The molecule has 150 valence electrons. The van der Waals surface area contributed by atoms with Gasteiger partial charge in [-0.15, -0.1) is 0 Å². The molecule has 7 nitrogen and oxygen atoms in total. The van der Waals surface area contributed by atoms with Crippen molar-refractivity contribution in [2.45, 2.75) is 63.5 Å². The van der Waals surface area contributed by atoms with Crippen LogP contribution in [0.15, 0.2) is 24.3 Å². The number of unbranched alkanes of at least 4 members (excludes halogenated alkanes) is 1. The molecule has 1 saturated carbocycles. The number of benzene rings is 1. The highest BCUT2D eigenvalue weighted by Crippen LogP contribution is 2.14. The van der Waals surface area contributed by atoms with E-state index in [1.165, 1.54) is 32.1 Å². The van der Waals surface area contributed by atoms with E-state index in [1.54, 1.807) is 24.3 Å². The van der Waals surface area contributed by atoms with E-state index in [4.69, 9.17) is 27.6 Å². The Hall–Kier alpha value is -2.27. The third-order valence-electron chi connectivity index (χ3n) is 4.11. The van der Waals surface area contributed by atoms with Gasteiger partial charge in [-0.05, 0) is 44.4 Å². The van der Waals surface area contributed by atoms with Crippen molar-refractivity contribution in [1.29, 1.82) is 5.26 Å². The van der Waals surface area contributed by atoms with Gasteiger partial charge in [-0.3, -0.25) is 9.59 Å². The maximum atomic E-state index is 10.1. The maximum absolute atomic E-state index is 10.1. The number of hydrogen-bond donors (Lipinski definition) is 4. The molecule has 0 saturated heterocycles. The van der Waals surface area contributed by atoms with Crippen LogP contribution in [0, 0.1) is 11.3 Å². The van der Waals surface area contributed by atoms with Gasteiger partial charge in [0.05, 0.1) is 11.6 Å². The summed E-state index contributed by atoms with van der Waals surface area (Å²) in [4.78, 5) is 20.3. The molecule has 27 heavy (non-hydrogen) atoms. The van der Waals surface area contributed by atoms with Gasteiger partial charge in [0.25, 0.3) is 0 Å². The minimum absolute atomic E-state index is 0.520. The van der Waals surface area contributed by atoms with E-state index in [9.17, 15) is 9.59 Å². The first-order valence-electron chi connectivity index (χ1n) is 9.34. The van der Waals surface area contributed by atoms with Gasteiger partial charge < -0.3 is 22.3 Å². The van der Waals surface area contributed by atoms with Crippen molar-refractivity contribution in [2.24, 2.45) is 17.2 Å². The van der Waals surface area contributed by atoms with Crippen LogP contribution in [0.2, 0.25) is 0 Å². The summed E-state index contributed by atoms with van der Waals surface area (Å²) in [6.07, 6.45) is 9.58. The Morgan fingerprint density at radius 1 is 1.22 bits per heavy atom. The number of aliphatic carboxylic acids is 1. The summed E-state index contributed by atoms with van der Waals surface area (Å²) in [7, 11) is 0. The molecule has 1 aliphatic carbocycles. The van der Waals surface area contributed by atoms with Gasteiger partial charge in [-0.1, -0.05) is 37.8 Å². The summed E-state index contributed by atoms with van der Waals surface area (Å²) in [6, 6.07) is 8.24. The molecule has 0 amide bonds. The third-order valence-corrected chi connectivity index (χ3v) is 4.11. The molecule has 1 aromatic rings. The first kappa shape index (κ1) is 24.7. The van der Waals surface area contributed by atoms with Gasteiger partial charge in [0.1, 0.15) is 12.3 Å². The predicted molar refractivity (Wildman–Crippen MR) is 106 cm³/mol. The Balaban J connectivity index is 0.000000382. The van der Waals surface area contributed by atoms with Crippen molar-refractivity contribution in [3.05, 3.63) is 35.4 Å². The summed E-state index contributed by atoms with van der Waals surface area (Å²) >= 11 is 0. The lowest BCUT2D eigenvalue weighted by molar-refractivity contribution is -0.138. The van der Waals surface area contributed by atoms with Crippen LogP contribution < -0.4 is 17.2 Å². The van der Waals surface area contributed by atoms with Crippen LogP contribution in [0.25, 0.3) is 0 Å². The minimum atomic E-state index is -0.933. The molecule has 0 bridgehead atoms. The normalized spacial score (nSPS) is 14.4. The Bertz CT molecular complexity index is 564. The number of hydrogen-bond acceptors (Lipinski definition) is 6. The number of carbonyl (C=O) groups excluding carboxylic acids is 1. The topological polar surface area (TPSA) is 156 Å². The first-order chi connectivity index (χ1) is 12.9. The van der Waals surface area contributed by atoms with Crippen molar-refractivity contribution in [3.8, 4) is 6.07 Å². The summed E-state index contributed by atoms with van der Waals surface area (Å²) in [5, 5.41) is 16.7. The van der Waals surface area contributed by atoms with Crippen LogP contribution in [0.5, 0.6) is 0 Å². The molecule has 7 N–H and O–H groups in total. The lowest BCUT2D eigenvalue weighted by Crippen LogP contribution is -2.29. The van der Waals surface area contributed by atoms with Crippen molar-refractivity contribution in [3.63, 3.8) is 0 Å². The number of nitriles is 1. The van der Waals surface area contributed by atoms with Crippen molar-refractivity contribution in [1.82, 2.24) is 0 Å². The van der Waals surface area contributed by atoms with E-state index in [2.05, 4.69) is 0 Å². The van der Waals surface area contributed by atoms with Crippen LogP contribution >= 0.6 is 0 Å². The van der Waals surface area contributed by atoms with Crippen LogP contribution in [0.1, 0.15) is 67.3 Å². The van der Waals surface area contributed by atoms with Gasteiger partial charge >= 0.3 is 5.97 Å². The van der Waals surface area contributed by atoms with E-state index in [-0.39, 0.29) is 0 Å². The first-order valence-corrected chi connectivity index (χ1v) is 9.34. The molecular weight excluding hydrogens is 344 g/mol. The zero-order valence-corrected chi connectivity index (χ0v) is 15.8. The van der Waals surface area contributed by atoms with E-state index < -0.39 is 12.0 Å². The molecule has 2 rings (SSSR count). The quantitative estimate of drug-likeness (QED) is 0.438. The van der Waals surface area contributed by atoms with Crippen molar-refractivity contribution >= 4 is 12.3 Å². The van der Waals surface area contributed by atoms with Gasteiger partial charge in [0.2, 0.25) is 0 Å². The smallest absolute Gasteiger partial charge is 0.320 e. The molecule has 1 aliphatic rings. The fourth-order valence-electron chi connectivity index (χ4n) is 2.40. The molecule has 1 atom stereocenters. The number of aldehydes is 1. The van der Waals surface area contributed by atoms with Crippen LogP contribution in [-0.2, 0) is 4.79 Å². The lowest BCUT2D eigenvalue weighted by Gasteiger charge is -2.15. The molecule has 0 spiro atoms. The average Bonchev–Trinajstić information content (AvgIpc) is 2.69. The third kappa shape index (κ3) is 13.6. The van der Waals surface area contributed by atoms with Crippen molar-refractivity contribution in [2.75, 3.05) is 6.54 Å². The van der Waals surface area contributed by atoms with Crippen LogP contribution in [0.3, 0.4) is 0 Å². The summed E-state index contributed by atoms with van der Waals surface area (Å²) in [6.45, 7) is 0.604. The summed E-state index contributed by atoms with van der Waals surface area (Å²) in [5.41, 5.74) is 17.2. The summed E-state index contributed by atoms with van der Waals surface area (Å²) in [5.74, 6) is -0.933. The van der Waals surface area contributed by atoms with E-state index in [1.807, 2.05) is 6.07 Å². The van der Waals surface area contributed by atoms with Gasteiger partial charge in [-0.25, -0.2) is 0 Å². The van der Waals surface area contributed by atoms with Crippen molar-refractivity contribution < 1.29 is 14.7 Å². The fraction of sp³-hybridized carbons (Fsp3) is 0.550. The largest absolute Gasteiger partial charge is 0.480 e. The molecule has 0 aromatic heterocycles. The monoisotopic (exact) mass is 376 g/mol. The second kappa shape index (κ2) is 15.9. The van der Waals surface area contributed by atoms with E-state index in [0.29, 0.717) is 30.1 Å². The van der Waals surface area contributed by atoms with Crippen LogP contribution in [0.4, 0.5) is 0 Å². The molecule has 1 unspecified atom stereocenters. The fourth-order valence-corrected chi connectivity index (χ4v) is 2.40. The van der Waals surface area contributed by atoms with Gasteiger partial charge in [0.15, 0.2) is 0 Å². The van der Waals surface area contributed by atoms with Gasteiger partial charge in [0, 0.05) is 11.6 Å². The molecule has 1 aromatic carbocycles. The molecular formula is C20H32N4O3.